The number of carbonyl (C=O) groups is 2. The minimum atomic E-state index is -0.509. The zero-order valence-electron chi connectivity index (χ0n) is 16.1. The molecule has 8 heteroatoms. The Morgan fingerprint density at radius 1 is 1.21 bits per heavy atom. The molecule has 1 N–H and O–H groups in total. The van der Waals surface area contributed by atoms with Crippen molar-refractivity contribution in [2.24, 2.45) is 0 Å². The zero-order valence-corrected chi connectivity index (χ0v) is 17.7. The van der Waals surface area contributed by atoms with Gasteiger partial charge in [0.25, 0.3) is 5.91 Å². The number of thioether (sulfide) groups is 1. The molecule has 1 fully saturated rings. The van der Waals surface area contributed by atoms with Crippen molar-refractivity contribution in [3.8, 4) is 11.5 Å². The van der Waals surface area contributed by atoms with Crippen LogP contribution in [0.4, 0.5) is 0 Å². The number of carbonyl (C=O) groups excluding carboxylic acids is 2. The van der Waals surface area contributed by atoms with E-state index in [9.17, 15) is 9.59 Å². The van der Waals surface area contributed by atoms with Gasteiger partial charge in [0, 0.05) is 22.9 Å². The minimum absolute atomic E-state index is 0.138. The lowest BCUT2D eigenvalue weighted by molar-refractivity contribution is -0.124. The average Bonchev–Trinajstić information content (AvgIpc) is 3.28. The molecule has 0 saturated carbocycles. The summed E-state index contributed by atoms with van der Waals surface area (Å²) in [6.45, 7) is 0.498. The maximum absolute atomic E-state index is 13.2. The molecule has 6 nitrogen and oxygen atoms in total. The summed E-state index contributed by atoms with van der Waals surface area (Å²) in [6.07, 6.45) is 0.700. The average molecular weight is 433 g/mol. The van der Waals surface area contributed by atoms with Gasteiger partial charge in [-0.05, 0) is 30.2 Å². The molecule has 0 bridgehead atoms. The monoisotopic (exact) mass is 432 g/mol. The maximum Gasteiger partial charge on any atom is 0.260 e. The van der Waals surface area contributed by atoms with Crippen LogP contribution in [-0.4, -0.2) is 49.3 Å². The lowest BCUT2D eigenvalue weighted by atomic mass is 10.1. The number of fused-ring (bicyclic) bond motifs is 3. The molecule has 0 unspecified atom stereocenters. The molecule has 2 heterocycles. The summed E-state index contributed by atoms with van der Waals surface area (Å²) in [6, 6.07) is 10.7. The predicted molar refractivity (Wildman–Crippen MR) is 113 cm³/mol. The number of benzene rings is 2. The van der Waals surface area contributed by atoms with E-state index in [4.69, 9.17) is 21.1 Å². The van der Waals surface area contributed by atoms with E-state index in [0.29, 0.717) is 40.8 Å². The van der Waals surface area contributed by atoms with Gasteiger partial charge in [0.05, 0.1) is 19.8 Å². The highest BCUT2D eigenvalue weighted by atomic mass is 35.5. The SMILES string of the molecule is COc1ccc2c(c1OC)C(=O)N1[C@@H]2SC[C@H]1C(=O)NCCc1ccc(Cl)cc1. The van der Waals surface area contributed by atoms with Crippen molar-refractivity contribution in [2.45, 2.75) is 17.8 Å². The molecule has 0 radical (unpaired) electrons. The summed E-state index contributed by atoms with van der Waals surface area (Å²) in [7, 11) is 3.05. The van der Waals surface area contributed by atoms with Gasteiger partial charge < -0.3 is 19.7 Å². The fraction of sp³-hybridized carbons (Fsp3) is 0.333. The molecule has 29 heavy (non-hydrogen) atoms. The minimum Gasteiger partial charge on any atom is -0.493 e. The van der Waals surface area contributed by atoms with Crippen LogP contribution in [0.3, 0.4) is 0 Å². The Labute approximate surface area is 178 Å². The highest BCUT2D eigenvalue weighted by molar-refractivity contribution is 7.99. The van der Waals surface area contributed by atoms with Crippen molar-refractivity contribution in [1.29, 1.82) is 0 Å². The molecule has 1 saturated heterocycles. The van der Waals surface area contributed by atoms with Crippen LogP contribution in [0.15, 0.2) is 36.4 Å². The Bertz CT molecular complexity index is 950. The fourth-order valence-corrected chi connectivity index (χ4v) is 5.37. The summed E-state index contributed by atoms with van der Waals surface area (Å²) < 4.78 is 10.8. The summed E-state index contributed by atoms with van der Waals surface area (Å²) in [5.74, 6) is 1.17. The third-order valence-corrected chi connectivity index (χ3v) is 6.78. The Hall–Kier alpha value is -2.38. The molecule has 2 aliphatic heterocycles. The van der Waals surface area contributed by atoms with Crippen LogP contribution < -0.4 is 14.8 Å². The van der Waals surface area contributed by atoms with Gasteiger partial charge in [0.15, 0.2) is 11.5 Å². The van der Waals surface area contributed by atoms with E-state index in [1.807, 2.05) is 30.3 Å². The van der Waals surface area contributed by atoms with Gasteiger partial charge >= 0.3 is 0 Å². The summed E-state index contributed by atoms with van der Waals surface area (Å²) in [5, 5.41) is 3.47. The smallest absolute Gasteiger partial charge is 0.260 e. The van der Waals surface area contributed by atoms with Crippen molar-refractivity contribution in [1.82, 2.24) is 10.2 Å². The highest BCUT2D eigenvalue weighted by Crippen LogP contribution is 2.52. The predicted octanol–water partition coefficient (Wildman–Crippen LogP) is 3.29. The molecular weight excluding hydrogens is 412 g/mol. The van der Waals surface area contributed by atoms with Crippen LogP contribution in [0.25, 0.3) is 0 Å². The number of hydrogen-bond acceptors (Lipinski definition) is 5. The van der Waals surface area contributed by atoms with E-state index in [2.05, 4.69) is 5.32 Å². The van der Waals surface area contributed by atoms with Crippen LogP contribution in [0.1, 0.15) is 26.9 Å². The van der Waals surface area contributed by atoms with Gasteiger partial charge in [0.2, 0.25) is 5.91 Å². The van der Waals surface area contributed by atoms with Gasteiger partial charge in [0.1, 0.15) is 11.4 Å². The first-order valence-corrected chi connectivity index (χ1v) is 10.7. The summed E-state index contributed by atoms with van der Waals surface area (Å²) in [4.78, 5) is 27.6. The maximum atomic E-state index is 13.2. The number of methoxy groups -OCH3 is 2. The van der Waals surface area contributed by atoms with Crippen molar-refractivity contribution >= 4 is 35.2 Å². The number of ether oxygens (including phenoxy) is 2. The van der Waals surface area contributed by atoms with Crippen LogP contribution in [0, 0.1) is 0 Å². The topological polar surface area (TPSA) is 67.9 Å². The van der Waals surface area contributed by atoms with E-state index >= 15 is 0 Å². The molecule has 0 aliphatic carbocycles. The van der Waals surface area contributed by atoms with Crippen molar-refractivity contribution in [2.75, 3.05) is 26.5 Å². The Kier molecular flexibility index (Phi) is 5.61. The molecular formula is C21H21ClN2O4S. The largest absolute Gasteiger partial charge is 0.493 e. The third-order valence-electron chi connectivity index (χ3n) is 5.22. The zero-order chi connectivity index (χ0) is 20.5. The molecule has 0 aromatic heterocycles. The van der Waals surface area contributed by atoms with E-state index in [0.717, 1.165) is 11.1 Å². The lowest BCUT2D eigenvalue weighted by Gasteiger charge is -2.22. The second-order valence-corrected chi connectivity index (χ2v) is 8.40. The summed E-state index contributed by atoms with van der Waals surface area (Å²) in [5.41, 5.74) is 2.45. The molecule has 2 atom stereocenters. The van der Waals surface area contributed by atoms with Crippen LogP contribution in [-0.2, 0) is 11.2 Å². The lowest BCUT2D eigenvalue weighted by Crippen LogP contribution is -2.46. The van der Waals surface area contributed by atoms with E-state index < -0.39 is 6.04 Å². The van der Waals surface area contributed by atoms with Crippen molar-refractivity contribution < 1.29 is 19.1 Å². The van der Waals surface area contributed by atoms with E-state index in [1.165, 1.54) is 14.2 Å². The van der Waals surface area contributed by atoms with Gasteiger partial charge in [-0.15, -0.1) is 11.8 Å². The summed E-state index contributed by atoms with van der Waals surface area (Å²) >= 11 is 7.49. The van der Waals surface area contributed by atoms with Gasteiger partial charge in [-0.2, -0.15) is 0 Å². The number of amides is 2. The molecule has 2 amide bonds. The van der Waals surface area contributed by atoms with Crippen molar-refractivity contribution in [3.05, 3.63) is 58.1 Å². The van der Waals surface area contributed by atoms with Gasteiger partial charge in [-0.1, -0.05) is 29.8 Å². The molecule has 0 spiro atoms. The quantitative estimate of drug-likeness (QED) is 0.758. The normalized spacial score (nSPS) is 19.7. The highest BCUT2D eigenvalue weighted by Gasteiger charge is 2.50. The number of halogens is 1. The Morgan fingerprint density at radius 3 is 2.66 bits per heavy atom. The second-order valence-electron chi connectivity index (χ2n) is 6.85. The van der Waals surface area contributed by atoms with E-state index in [1.54, 1.807) is 22.7 Å². The Balaban J connectivity index is 1.46. The molecule has 4 rings (SSSR count). The van der Waals surface area contributed by atoms with Crippen molar-refractivity contribution in [3.63, 3.8) is 0 Å². The van der Waals surface area contributed by atoms with Crippen LogP contribution in [0.5, 0.6) is 11.5 Å². The number of rotatable bonds is 6. The fourth-order valence-electron chi connectivity index (χ4n) is 3.79. The number of nitrogens with zero attached hydrogens (tertiary/aromatic N) is 1. The van der Waals surface area contributed by atoms with Crippen LogP contribution >= 0.6 is 23.4 Å². The van der Waals surface area contributed by atoms with Gasteiger partial charge in [-0.25, -0.2) is 0 Å². The van der Waals surface area contributed by atoms with E-state index in [-0.39, 0.29) is 17.2 Å². The first-order valence-electron chi connectivity index (χ1n) is 9.26. The number of hydrogen-bond donors (Lipinski definition) is 1. The molecule has 2 aliphatic rings. The standard InChI is InChI=1S/C21H21ClN2O4S/c1-27-16-8-7-14-17(18(16)28-2)20(26)24-15(11-29-21(14)24)19(25)23-10-9-12-3-5-13(22)6-4-12/h3-8,15,21H,9-11H2,1-2H3,(H,23,25)/t15-,21+/m0/s1. The third kappa shape index (κ3) is 3.53. The number of nitrogens with one attached hydrogen (secondary N) is 1. The molecule has 2 aromatic rings. The Morgan fingerprint density at radius 2 is 1.97 bits per heavy atom. The first kappa shape index (κ1) is 19.9. The van der Waals surface area contributed by atoms with Crippen LogP contribution in [0.2, 0.25) is 5.02 Å². The second kappa shape index (κ2) is 8.16. The molecule has 2 aromatic carbocycles. The molecule has 152 valence electrons. The first-order chi connectivity index (χ1) is 14.0. The van der Waals surface area contributed by atoms with Gasteiger partial charge in [-0.3, -0.25) is 9.59 Å².